The molecule has 0 aliphatic carbocycles. The van der Waals surface area contributed by atoms with E-state index in [0.717, 1.165) is 11.3 Å². The Labute approximate surface area is 165 Å². The fourth-order valence-electron chi connectivity index (χ4n) is 2.28. The first-order valence-corrected chi connectivity index (χ1v) is 9.38. The SMILES string of the molecule is Cc1ccc(NC(=O)Cc2csc(NC(=O)Nc3cccc(Cl)c3)n2)cc1. The molecule has 27 heavy (non-hydrogen) atoms. The van der Waals surface area contributed by atoms with Gasteiger partial charge in [0, 0.05) is 21.8 Å². The van der Waals surface area contributed by atoms with E-state index in [0.29, 0.717) is 21.5 Å². The van der Waals surface area contributed by atoms with Crippen molar-refractivity contribution in [3.05, 3.63) is 70.2 Å². The molecule has 3 N–H and O–H groups in total. The number of rotatable bonds is 5. The molecule has 2 aromatic carbocycles. The van der Waals surface area contributed by atoms with Gasteiger partial charge >= 0.3 is 6.03 Å². The number of carbonyl (C=O) groups excluding carboxylic acids is 2. The number of hydrogen-bond donors (Lipinski definition) is 3. The molecule has 0 spiro atoms. The first-order valence-electron chi connectivity index (χ1n) is 8.12. The number of nitrogens with zero attached hydrogens (tertiary/aromatic N) is 1. The lowest BCUT2D eigenvalue weighted by Crippen LogP contribution is -2.19. The molecule has 3 rings (SSSR count). The number of amides is 3. The molecule has 1 aromatic heterocycles. The zero-order valence-corrected chi connectivity index (χ0v) is 16.0. The predicted molar refractivity (Wildman–Crippen MR) is 110 cm³/mol. The topological polar surface area (TPSA) is 83.1 Å². The van der Waals surface area contributed by atoms with E-state index < -0.39 is 6.03 Å². The molecular weight excluding hydrogens is 384 g/mol. The lowest BCUT2D eigenvalue weighted by atomic mass is 10.2. The first kappa shape index (κ1) is 18.9. The van der Waals surface area contributed by atoms with Gasteiger partial charge in [0.15, 0.2) is 5.13 Å². The molecule has 0 unspecified atom stereocenters. The van der Waals surface area contributed by atoms with Crippen molar-refractivity contribution in [3.8, 4) is 0 Å². The van der Waals surface area contributed by atoms with Gasteiger partial charge < -0.3 is 10.6 Å². The fraction of sp³-hybridized carbons (Fsp3) is 0.105. The minimum atomic E-state index is -0.428. The molecule has 0 saturated heterocycles. The van der Waals surface area contributed by atoms with Crippen LogP contribution in [0.2, 0.25) is 5.02 Å². The van der Waals surface area contributed by atoms with Crippen molar-refractivity contribution >= 4 is 51.4 Å². The highest BCUT2D eigenvalue weighted by Gasteiger charge is 2.10. The van der Waals surface area contributed by atoms with Crippen molar-refractivity contribution < 1.29 is 9.59 Å². The summed E-state index contributed by atoms with van der Waals surface area (Å²) in [6.07, 6.45) is 0.127. The first-order chi connectivity index (χ1) is 13.0. The Hall–Kier alpha value is -2.90. The van der Waals surface area contributed by atoms with Crippen molar-refractivity contribution in [1.82, 2.24) is 4.98 Å². The lowest BCUT2D eigenvalue weighted by Gasteiger charge is -2.05. The summed E-state index contributed by atoms with van der Waals surface area (Å²) >= 11 is 7.14. The van der Waals surface area contributed by atoms with Crippen molar-refractivity contribution in [1.29, 1.82) is 0 Å². The predicted octanol–water partition coefficient (Wildman–Crippen LogP) is 4.93. The van der Waals surface area contributed by atoms with Crippen LogP contribution in [0.4, 0.5) is 21.3 Å². The molecule has 8 heteroatoms. The molecule has 138 valence electrons. The molecule has 0 aliphatic heterocycles. The largest absolute Gasteiger partial charge is 0.326 e. The highest BCUT2D eigenvalue weighted by molar-refractivity contribution is 7.14. The van der Waals surface area contributed by atoms with E-state index in [-0.39, 0.29) is 12.3 Å². The number of halogens is 1. The molecule has 1 heterocycles. The average molecular weight is 401 g/mol. The van der Waals surface area contributed by atoms with Crippen LogP contribution in [0.15, 0.2) is 53.9 Å². The Kier molecular flexibility index (Phi) is 6.05. The summed E-state index contributed by atoms with van der Waals surface area (Å²) < 4.78 is 0. The Morgan fingerprint density at radius 1 is 1.04 bits per heavy atom. The van der Waals surface area contributed by atoms with Gasteiger partial charge in [-0.05, 0) is 37.3 Å². The summed E-state index contributed by atoms with van der Waals surface area (Å²) in [5.41, 5.74) is 3.02. The smallest absolute Gasteiger partial charge is 0.325 e. The summed E-state index contributed by atoms with van der Waals surface area (Å²) in [5, 5.41) is 10.8. The lowest BCUT2D eigenvalue weighted by molar-refractivity contribution is -0.115. The number of hydrogen-bond acceptors (Lipinski definition) is 4. The number of carbonyl (C=O) groups is 2. The minimum absolute atomic E-state index is 0.127. The number of aryl methyl sites for hydroxylation is 1. The van der Waals surface area contributed by atoms with Gasteiger partial charge in [-0.3, -0.25) is 10.1 Å². The van der Waals surface area contributed by atoms with Gasteiger partial charge in [0.05, 0.1) is 12.1 Å². The zero-order valence-electron chi connectivity index (χ0n) is 14.5. The maximum Gasteiger partial charge on any atom is 0.325 e. The van der Waals surface area contributed by atoms with Gasteiger partial charge in [-0.2, -0.15) is 0 Å². The maximum atomic E-state index is 12.1. The summed E-state index contributed by atoms with van der Waals surface area (Å²) in [7, 11) is 0. The summed E-state index contributed by atoms with van der Waals surface area (Å²) in [4.78, 5) is 28.4. The highest BCUT2D eigenvalue weighted by Crippen LogP contribution is 2.18. The average Bonchev–Trinajstić information content (AvgIpc) is 3.03. The number of thiazole rings is 1. The van der Waals surface area contributed by atoms with Crippen LogP contribution in [0.5, 0.6) is 0 Å². The molecule has 0 fully saturated rings. The van der Waals surface area contributed by atoms with Gasteiger partial charge in [0.25, 0.3) is 0 Å². The van der Waals surface area contributed by atoms with Crippen LogP contribution < -0.4 is 16.0 Å². The van der Waals surface area contributed by atoms with Crippen LogP contribution in [0.25, 0.3) is 0 Å². The van der Waals surface area contributed by atoms with E-state index >= 15 is 0 Å². The molecule has 0 bridgehead atoms. The Morgan fingerprint density at radius 3 is 2.56 bits per heavy atom. The zero-order chi connectivity index (χ0) is 19.2. The van der Waals surface area contributed by atoms with E-state index in [9.17, 15) is 9.59 Å². The summed E-state index contributed by atoms with van der Waals surface area (Å²) in [5.74, 6) is -0.168. The molecular formula is C19H17ClN4O2S. The van der Waals surface area contributed by atoms with Crippen LogP contribution in [0.1, 0.15) is 11.3 Å². The second-order valence-corrected chi connectivity index (χ2v) is 7.12. The third-order valence-electron chi connectivity index (χ3n) is 3.53. The molecule has 0 radical (unpaired) electrons. The van der Waals surface area contributed by atoms with Gasteiger partial charge in [0.1, 0.15) is 0 Å². The van der Waals surface area contributed by atoms with Crippen LogP contribution in [0, 0.1) is 6.92 Å². The van der Waals surface area contributed by atoms with Crippen molar-refractivity contribution in [2.75, 3.05) is 16.0 Å². The van der Waals surface area contributed by atoms with E-state index in [2.05, 4.69) is 20.9 Å². The second kappa shape index (κ2) is 8.66. The Balaban J connectivity index is 1.52. The van der Waals surface area contributed by atoms with Gasteiger partial charge in [-0.1, -0.05) is 35.4 Å². The number of urea groups is 1. The van der Waals surface area contributed by atoms with Crippen LogP contribution in [-0.2, 0) is 11.2 Å². The molecule has 0 aliphatic rings. The van der Waals surface area contributed by atoms with Crippen molar-refractivity contribution in [2.24, 2.45) is 0 Å². The van der Waals surface area contributed by atoms with Gasteiger partial charge in [-0.25, -0.2) is 9.78 Å². The molecule has 3 aromatic rings. The second-order valence-electron chi connectivity index (χ2n) is 5.82. The van der Waals surface area contributed by atoms with Crippen LogP contribution in [0.3, 0.4) is 0 Å². The summed E-state index contributed by atoms with van der Waals surface area (Å²) in [6, 6.07) is 14.0. The van der Waals surface area contributed by atoms with Gasteiger partial charge in [-0.15, -0.1) is 11.3 Å². The quantitative estimate of drug-likeness (QED) is 0.567. The van der Waals surface area contributed by atoms with E-state index in [4.69, 9.17) is 11.6 Å². The van der Waals surface area contributed by atoms with E-state index in [1.165, 1.54) is 11.3 Å². The third-order valence-corrected chi connectivity index (χ3v) is 4.57. The van der Waals surface area contributed by atoms with E-state index in [1.54, 1.807) is 29.6 Å². The van der Waals surface area contributed by atoms with E-state index in [1.807, 2.05) is 31.2 Å². The maximum absolute atomic E-state index is 12.1. The molecule has 6 nitrogen and oxygen atoms in total. The number of anilines is 3. The molecule has 0 saturated carbocycles. The molecule has 3 amide bonds. The highest BCUT2D eigenvalue weighted by atomic mass is 35.5. The van der Waals surface area contributed by atoms with Crippen molar-refractivity contribution in [2.45, 2.75) is 13.3 Å². The third kappa shape index (κ3) is 5.80. The number of aromatic nitrogens is 1. The standard InChI is InChI=1S/C19H17ClN4O2S/c1-12-5-7-14(8-6-12)21-17(25)10-16-11-27-19(23-16)24-18(26)22-15-4-2-3-13(20)9-15/h2-9,11H,10H2,1H3,(H,21,25)(H2,22,23,24,26). The van der Waals surface area contributed by atoms with Crippen molar-refractivity contribution in [3.63, 3.8) is 0 Å². The monoisotopic (exact) mass is 400 g/mol. The fourth-order valence-corrected chi connectivity index (χ4v) is 3.17. The number of benzene rings is 2. The normalized spacial score (nSPS) is 10.3. The summed E-state index contributed by atoms with van der Waals surface area (Å²) in [6.45, 7) is 1.98. The Morgan fingerprint density at radius 2 is 1.81 bits per heavy atom. The minimum Gasteiger partial charge on any atom is -0.326 e. The van der Waals surface area contributed by atoms with Crippen LogP contribution in [-0.4, -0.2) is 16.9 Å². The molecule has 0 atom stereocenters. The Bertz CT molecular complexity index is 956. The number of nitrogens with one attached hydrogen (secondary N) is 3. The van der Waals surface area contributed by atoms with Crippen LogP contribution >= 0.6 is 22.9 Å². The van der Waals surface area contributed by atoms with Gasteiger partial charge in [0.2, 0.25) is 5.91 Å².